The summed E-state index contributed by atoms with van der Waals surface area (Å²) >= 11 is 0. The van der Waals surface area contributed by atoms with Crippen molar-refractivity contribution >= 4 is 45.9 Å². The summed E-state index contributed by atoms with van der Waals surface area (Å²) in [5.41, 5.74) is 4.84. The fourth-order valence-electron chi connectivity index (χ4n) is 5.36. The number of benzene rings is 2. The van der Waals surface area contributed by atoms with Crippen molar-refractivity contribution < 1.29 is 23.2 Å². The number of likely N-dealkylation sites (N-methyl/N-ethyl adjacent to an activating group) is 2. The SMILES string of the molecule is [2H]C([2H])([2H])N(CCN(C)c1cc(OC)c(Nc2nccc(-c3cn4c5c(cccc35)CCC4)n2)cc1NC(=O)C=C)C(=O)OC(C)(C)C. The van der Waals surface area contributed by atoms with Gasteiger partial charge in [-0.2, -0.15) is 0 Å². The van der Waals surface area contributed by atoms with Gasteiger partial charge in [-0.3, -0.25) is 4.79 Å². The Hall–Kier alpha value is -5.06. The molecule has 0 saturated heterocycles. The quantitative estimate of drug-likeness (QED) is 0.202. The normalized spacial score (nSPS) is 13.7. The predicted octanol–water partition coefficient (Wildman–Crippen LogP) is 6.22. The number of anilines is 4. The molecule has 2 aromatic heterocycles. The van der Waals surface area contributed by atoms with Gasteiger partial charge in [0.15, 0.2) is 0 Å². The lowest BCUT2D eigenvalue weighted by atomic mass is 10.0. The van der Waals surface area contributed by atoms with Crippen molar-refractivity contribution in [2.24, 2.45) is 0 Å². The van der Waals surface area contributed by atoms with Crippen LogP contribution in [-0.4, -0.2) is 71.3 Å². The number of para-hydroxylation sites is 1. The molecule has 0 aliphatic carbocycles. The van der Waals surface area contributed by atoms with Gasteiger partial charge in [-0.05, 0) is 57.4 Å². The summed E-state index contributed by atoms with van der Waals surface area (Å²) in [6.45, 7) is 6.69. The number of amides is 2. The van der Waals surface area contributed by atoms with Crippen LogP contribution >= 0.6 is 0 Å². The number of aromatic nitrogens is 3. The monoisotopic (exact) mass is 614 g/mol. The molecule has 0 radical (unpaired) electrons. The lowest BCUT2D eigenvalue weighted by Crippen LogP contribution is -2.38. The number of methoxy groups -OCH3 is 1. The molecule has 0 bridgehead atoms. The number of nitrogens with one attached hydrogen (secondary N) is 2. The van der Waals surface area contributed by atoms with Crippen LogP contribution in [-0.2, 0) is 22.5 Å². The topological polar surface area (TPSA) is 114 Å². The molecule has 3 heterocycles. The van der Waals surface area contributed by atoms with Crippen LogP contribution in [0.25, 0.3) is 22.2 Å². The van der Waals surface area contributed by atoms with E-state index in [1.54, 1.807) is 51.0 Å². The third-order valence-corrected chi connectivity index (χ3v) is 7.45. The van der Waals surface area contributed by atoms with Crippen LogP contribution in [0.15, 0.2) is 61.4 Å². The molecule has 0 saturated carbocycles. The van der Waals surface area contributed by atoms with Crippen molar-refractivity contribution in [3.8, 4) is 17.0 Å². The molecule has 0 atom stereocenters. The zero-order chi connectivity index (χ0) is 34.8. The molecule has 1 aliphatic heterocycles. The molecular weight excluding hydrogens is 570 g/mol. The van der Waals surface area contributed by atoms with E-state index in [1.807, 2.05) is 6.07 Å². The average molecular weight is 615 g/mol. The first-order valence-corrected chi connectivity index (χ1v) is 14.8. The van der Waals surface area contributed by atoms with Crippen molar-refractivity contribution in [2.75, 3.05) is 49.8 Å². The minimum absolute atomic E-state index is 0.0883. The van der Waals surface area contributed by atoms with Gasteiger partial charge >= 0.3 is 6.09 Å². The third kappa shape index (κ3) is 7.03. The van der Waals surface area contributed by atoms with E-state index in [9.17, 15) is 9.59 Å². The molecule has 11 heteroatoms. The maximum absolute atomic E-state index is 12.8. The molecule has 0 unspecified atom stereocenters. The molecule has 2 aromatic carbocycles. The van der Waals surface area contributed by atoms with Crippen molar-refractivity contribution in [1.82, 2.24) is 19.4 Å². The summed E-state index contributed by atoms with van der Waals surface area (Å²) < 4.78 is 37.0. The molecule has 2 amide bonds. The third-order valence-electron chi connectivity index (χ3n) is 7.45. The maximum atomic E-state index is 12.8. The Morgan fingerprint density at radius 2 is 2.02 bits per heavy atom. The van der Waals surface area contributed by atoms with E-state index >= 15 is 0 Å². The second-order valence-electron chi connectivity index (χ2n) is 11.9. The second-order valence-corrected chi connectivity index (χ2v) is 11.9. The van der Waals surface area contributed by atoms with Gasteiger partial charge in [-0.1, -0.05) is 24.8 Å². The number of hydrogen-bond donors (Lipinski definition) is 2. The van der Waals surface area contributed by atoms with E-state index in [0.29, 0.717) is 33.7 Å². The molecule has 2 N–H and O–H groups in total. The smallest absolute Gasteiger partial charge is 0.410 e. The number of rotatable bonds is 10. The van der Waals surface area contributed by atoms with Crippen LogP contribution in [0.1, 0.15) is 36.9 Å². The lowest BCUT2D eigenvalue weighted by Gasteiger charge is -2.28. The largest absolute Gasteiger partial charge is 0.494 e. The number of hydrogen-bond acceptors (Lipinski definition) is 8. The summed E-state index contributed by atoms with van der Waals surface area (Å²) in [4.78, 5) is 36.9. The number of aryl methyl sites for hydroxylation is 2. The summed E-state index contributed by atoms with van der Waals surface area (Å²) in [6, 6.07) is 11.6. The number of ether oxygens (including phenoxy) is 2. The Kier molecular flexibility index (Phi) is 7.87. The van der Waals surface area contributed by atoms with E-state index in [4.69, 9.17) is 18.6 Å². The standard InChI is InChI=1S/C34H41N7O4/c1-8-30(42)36-26-19-27(29(44-7)20-28(26)39(5)17-18-40(6)33(43)45-34(2,3)4)38-32-35-15-14-25(37-32)24-21-41-16-10-12-22-11-9-13-23(24)31(22)41/h8-9,11,13-15,19-21H,1,10,12,16-18H2,2-7H3,(H,36,42)(H,35,37,38)/i6D3. The minimum atomic E-state index is -2.73. The Morgan fingerprint density at radius 1 is 1.20 bits per heavy atom. The van der Waals surface area contributed by atoms with Crippen LogP contribution in [0.2, 0.25) is 0 Å². The molecule has 4 aromatic rings. The summed E-state index contributed by atoms with van der Waals surface area (Å²) in [5, 5.41) is 7.19. The van der Waals surface area contributed by atoms with Crippen molar-refractivity contribution in [1.29, 1.82) is 0 Å². The lowest BCUT2D eigenvalue weighted by molar-refractivity contribution is -0.111. The van der Waals surface area contributed by atoms with Crippen LogP contribution in [0.5, 0.6) is 5.75 Å². The zero-order valence-electron chi connectivity index (χ0n) is 29.3. The van der Waals surface area contributed by atoms with Gasteiger partial charge in [0.25, 0.3) is 0 Å². The van der Waals surface area contributed by atoms with Crippen LogP contribution in [0.3, 0.4) is 0 Å². The highest BCUT2D eigenvalue weighted by molar-refractivity contribution is 6.02. The molecular formula is C34H41N7O4. The highest BCUT2D eigenvalue weighted by Crippen LogP contribution is 2.39. The van der Waals surface area contributed by atoms with Crippen LogP contribution < -0.4 is 20.3 Å². The molecule has 236 valence electrons. The van der Waals surface area contributed by atoms with E-state index < -0.39 is 24.6 Å². The molecule has 1 aliphatic rings. The van der Waals surface area contributed by atoms with E-state index in [2.05, 4.69) is 51.2 Å². The van der Waals surface area contributed by atoms with Crippen molar-refractivity contribution in [3.63, 3.8) is 0 Å². The Labute approximate surface area is 268 Å². The van der Waals surface area contributed by atoms with Crippen molar-refractivity contribution in [2.45, 2.75) is 45.8 Å². The molecule has 0 spiro atoms. The average Bonchev–Trinajstić information content (AvgIpc) is 3.40. The first-order valence-electron chi connectivity index (χ1n) is 16.3. The van der Waals surface area contributed by atoms with Gasteiger partial charge in [0.05, 0.1) is 35.4 Å². The summed E-state index contributed by atoms with van der Waals surface area (Å²) in [5.74, 6) is 0.282. The van der Waals surface area contributed by atoms with E-state index in [1.165, 1.54) is 18.2 Å². The summed E-state index contributed by atoms with van der Waals surface area (Å²) in [6.07, 6.45) is 6.17. The summed E-state index contributed by atoms with van der Waals surface area (Å²) in [7, 11) is 3.22. The van der Waals surface area contributed by atoms with Crippen LogP contribution in [0, 0.1) is 0 Å². The minimum Gasteiger partial charge on any atom is -0.494 e. The van der Waals surface area contributed by atoms with Crippen LogP contribution in [0.4, 0.5) is 27.8 Å². The van der Waals surface area contributed by atoms with Gasteiger partial charge in [0.2, 0.25) is 11.9 Å². The van der Waals surface area contributed by atoms with Gasteiger partial charge in [0, 0.05) is 67.2 Å². The number of carbonyl (C=O) groups is 2. The Morgan fingerprint density at radius 3 is 2.76 bits per heavy atom. The molecule has 0 fully saturated rings. The Bertz CT molecular complexity index is 1850. The van der Waals surface area contributed by atoms with Gasteiger partial charge in [-0.15, -0.1) is 0 Å². The first kappa shape index (κ1) is 27.5. The molecule has 45 heavy (non-hydrogen) atoms. The predicted molar refractivity (Wildman–Crippen MR) is 179 cm³/mol. The van der Waals surface area contributed by atoms with E-state index in [0.717, 1.165) is 42.1 Å². The van der Waals surface area contributed by atoms with E-state index in [-0.39, 0.29) is 13.1 Å². The number of carbonyl (C=O) groups excluding carboxylic acids is 2. The first-order chi connectivity index (χ1) is 22.7. The van der Waals surface area contributed by atoms with Crippen molar-refractivity contribution in [3.05, 3.63) is 67.0 Å². The Balaban J connectivity index is 1.44. The molecule has 5 rings (SSSR count). The highest BCUT2D eigenvalue weighted by atomic mass is 16.6. The van der Waals surface area contributed by atoms with Gasteiger partial charge in [0.1, 0.15) is 11.4 Å². The number of nitrogens with zero attached hydrogens (tertiary/aromatic N) is 5. The fourth-order valence-corrected chi connectivity index (χ4v) is 5.36. The molecule has 11 nitrogen and oxygen atoms in total. The van der Waals surface area contributed by atoms with Gasteiger partial charge in [-0.25, -0.2) is 14.8 Å². The van der Waals surface area contributed by atoms with Gasteiger partial charge < -0.3 is 34.5 Å². The fraction of sp³-hybridized carbons (Fsp3) is 0.353. The second kappa shape index (κ2) is 12.9. The zero-order valence-corrected chi connectivity index (χ0v) is 26.3. The maximum Gasteiger partial charge on any atom is 0.410 e. The highest BCUT2D eigenvalue weighted by Gasteiger charge is 2.22.